The van der Waals surface area contributed by atoms with Crippen LogP contribution in [-0.2, 0) is 0 Å². The Morgan fingerprint density at radius 3 is 2.54 bits per heavy atom. The van der Waals surface area contributed by atoms with Gasteiger partial charge in [0.25, 0.3) is 5.96 Å². The van der Waals surface area contributed by atoms with E-state index in [1.807, 2.05) is 10.8 Å². The molecular weight excluding hydrogens is 180 g/mol. The Kier molecular flexibility index (Phi) is 4.41. The highest BCUT2D eigenvalue weighted by Crippen LogP contribution is 1.75. The number of hydrazine groups is 2. The molecular formula is C2H8N10O. The van der Waals surface area contributed by atoms with Crippen molar-refractivity contribution in [3.63, 3.8) is 0 Å². The second kappa shape index (κ2) is 5.36. The van der Waals surface area contributed by atoms with Gasteiger partial charge in [-0.25, -0.2) is 5.84 Å². The number of nitrogens with zero attached hydrogens (tertiary/aromatic N) is 5. The van der Waals surface area contributed by atoms with Crippen molar-refractivity contribution in [2.24, 2.45) is 38.0 Å². The summed E-state index contributed by atoms with van der Waals surface area (Å²) in [7, 11) is 0. The molecule has 0 amide bonds. The average Bonchev–Trinajstić information content (AvgIpc) is 2.10. The Hall–Kier alpha value is -2.30. The molecule has 0 fully saturated rings. The highest BCUT2D eigenvalue weighted by molar-refractivity contribution is 5.78. The normalized spacial score (nSPS) is 11.3. The lowest BCUT2D eigenvalue weighted by Crippen LogP contribution is -2.49. The number of guanidine groups is 2. The van der Waals surface area contributed by atoms with Gasteiger partial charge >= 0.3 is 0 Å². The molecule has 72 valence electrons. The van der Waals surface area contributed by atoms with Crippen LogP contribution < -0.4 is 22.8 Å². The number of hydrazone groups is 1. The molecule has 0 aromatic rings. The number of hydrogen-bond donors (Lipinski definition) is 5. The van der Waals surface area contributed by atoms with Gasteiger partial charge in [-0.05, 0) is 5.22 Å². The Balaban J connectivity index is 4.03. The summed E-state index contributed by atoms with van der Waals surface area (Å²) >= 11 is 0. The van der Waals surface area contributed by atoms with Crippen molar-refractivity contribution in [1.29, 1.82) is 5.41 Å². The summed E-state index contributed by atoms with van der Waals surface area (Å²) in [5.41, 5.74) is 12.0. The van der Waals surface area contributed by atoms with E-state index in [-0.39, 0.29) is 0 Å². The predicted octanol–water partition coefficient (Wildman–Crippen LogP) is -2.08. The lowest BCUT2D eigenvalue weighted by molar-refractivity contribution is 0.320. The number of hydrogen-bond acceptors (Lipinski definition) is 5. The monoisotopic (exact) mass is 188 g/mol. The van der Waals surface area contributed by atoms with Gasteiger partial charge in [0.2, 0.25) is 5.96 Å². The molecule has 11 heteroatoms. The van der Waals surface area contributed by atoms with Crippen LogP contribution in [0, 0.1) is 10.3 Å². The Morgan fingerprint density at radius 1 is 1.46 bits per heavy atom. The van der Waals surface area contributed by atoms with E-state index in [1.165, 1.54) is 0 Å². The van der Waals surface area contributed by atoms with Crippen molar-refractivity contribution in [2.75, 3.05) is 0 Å². The van der Waals surface area contributed by atoms with E-state index in [2.05, 4.69) is 15.4 Å². The van der Waals surface area contributed by atoms with Crippen LogP contribution in [-0.4, -0.2) is 17.0 Å². The zero-order valence-electron chi connectivity index (χ0n) is 6.38. The summed E-state index contributed by atoms with van der Waals surface area (Å²) in [6.45, 7) is 0. The molecule has 0 aromatic heterocycles. The second-order valence-electron chi connectivity index (χ2n) is 1.60. The van der Waals surface area contributed by atoms with E-state index < -0.39 is 11.9 Å². The predicted molar refractivity (Wildman–Crippen MR) is 43.3 cm³/mol. The molecule has 0 aliphatic rings. The van der Waals surface area contributed by atoms with E-state index in [9.17, 15) is 4.91 Å². The number of nitrogens with one attached hydrogen (secondary N) is 2. The van der Waals surface area contributed by atoms with Crippen molar-refractivity contribution >= 4 is 11.9 Å². The van der Waals surface area contributed by atoms with Gasteiger partial charge in [0.05, 0.1) is 0 Å². The van der Waals surface area contributed by atoms with Crippen LogP contribution in [0.2, 0.25) is 0 Å². The fourth-order valence-corrected chi connectivity index (χ4v) is 0.245. The van der Waals surface area contributed by atoms with Gasteiger partial charge in [-0.15, -0.1) is 10.0 Å². The van der Waals surface area contributed by atoms with Crippen LogP contribution in [0.25, 0.3) is 0 Å². The molecule has 0 heterocycles. The first-order valence-electron chi connectivity index (χ1n) is 2.79. The third-order valence-corrected chi connectivity index (χ3v) is 0.716. The third-order valence-electron chi connectivity index (χ3n) is 0.716. The van der Waals surface area contributed by atoms with Crippen LogP contribution >= 0.6 is 0 Å². The van der Waals surface area contributed by atoms with E-state index in [0.717, 1.165) is 0 Å². The van der Waals surface area contributed by atoms with Crippen molar-refractivity contribution in [3.8, 4) is 0 Å². The van der Waals surface area contributed by atoms with Gasteiger partial charge in [0.1, 0.15) is 5.29 Å². The standard InChI is InChI=1S/C2H8N10O/c3-1(4)12(6)10-8-2(5)7-9-11-13/h10H,6H2,(H3,3,4)(H2,5,8). The molecule has 0 bridgehead atoms. The first-order valence-corrected chi connectivity index (χ1v) is 2.79. The molecule has 0 rings (SSSR count). The zero-order valence-corrected chi connectivity index (χ0v) is 6.38. The lowest BCUT2D eigenvalue weighted by Gasteiger charge is -2.12. The van der Waals surface area contributed by atoms with Gasteiger partial charge in [-0.2, -0.15) is 10.7 Å². The molecule has 0 radical (unpaired) electrons. The summed E-state index contributed by atoms with van der Waals surface area (Å²) < 4.78 is 0. The summed E-state index contributed by atoms with van der Waals surface area (Å²) in [6, 6.07) is 0. The molecule has 0 aliphatic carbocycles. The molecule has 13 heavy (non-hydrogen) atoms. The maximum Gasteiger partial charge on any atom is 0.260 e. The van der Waals surface area contributed by atoms with Crippen molar-refractivity contribution < 1.29 is 0 Å². The molecule has 8 N–H and O–H groups in total. The molecule has 0 unspecified atom stereocenters. The van der Waals surface area contributed by atoms with Gasteiger partial charge in [-0.3, -0.25) is 5.41 Å². The summed E-state index contributed by atoms with van der Waals surface area (Å²) in [5, 5.41) is 18.3. The van der Waals surface area contributed by atoms with E-state index in [0.29, 0.717) is 5.12 Å². The topological polar surface area (TPSA) is 184 Å². The van der Waals surface area contributed by atoms with Crippen molar-refractivity contribution in [1.82, 2.24) is 10.7 Å². The third kappa shape index (κ3) is 5.02. The lowest BCUT2D eigenvalue weighted by atomic mass is 11.0. The molecule has 0 atom stereocenters. The first-order chi connectivity index (χ1) is 6.07. The number of rotatable bonds is 3. The smallest absolute Gasteiger partial charge is 0.260 e. The van der Waals surface area contributed by atoms with Crippen molar-refractivity contribution in [3.05, 3.63) is 4.91 Å². The summed E-state index contributed by atoms with van der Waals surface area (Å²) in [5.74, 6) is 4.17. The molecule has 11 nitrogen and oxygen atoms in total. The van der Waals surface area contributed by atoms with Crippen LogP contribution in [0.3, 0.4) is 0 Å². The Morgan fingerprint density at radius 2 is 2.08 bits per heavy atom. The second-order valence-corrected chi connectivity index (χ2v) is 1.60. The highest BCUT2D eigenvalue weighted by atomic mass is 16.3. The van der Waals surface area contributed by atoms with Crippen LogP contribution in [0.5, 0.6) is 0 Å². The molecule has 0 saturated heterocycles. The van der Waals surface area contributed by atoms with Gasteiger partial charge < -0.3 is 11.5 Å². The summed E-state index contributed by atoms with van der Waals surface area (Å²) in [6.07, 6.45) is 0. The van der Waals surface area contributed by atoms with Crippen LogP contribution in [0.4, 0.5) is 0 Å². The Labute approximate surface area is 72.0 Å². The van der Waals surface area contributed by atoms with E-state index in [4.69, 9.17) is 22.7 Å². The minimum atomic E-state index is -0.484. The van der Waals surface area contributed by atoms with Gasteiger partial charge in [0, 0.05) is 0 Å². The largest absolute Gasteiger partial charge is 0.367 e. The molecule has 0 aromatic carbocycles. The maximum absolute atomic E-state index is 9.43. The maximum atomic E-state index is 9.43. The highest BCUT2D eigenvalue weighted by Gasteiger charge is 1.96. The first kappa shape index (κ1) is 10.7. The zero-order chi connectivity index (χ0) is 10.3. The van der Waals surface area contributed by atoms with E-state index in [1.54, 1.807) is 0 Å². The van der Waals surface area contributed by atoms with Crippen LogP contribution in [0.15, 0.2) is 20.7 Å². The Bertz CT molecular complexity index is 241. The molecule has 0 saturated carbocycles. The number of nitroso groups, excluding NO2 is 1. The average molecular weight is 188 g/mol. The molecule has 0 spiro atoms. The minimum absolute atomic E-state index is 0.392. The molecule has 0 aliphatic heterocycles. The minimum Gasteiger partial charge on any atom is -0.367 e. The fraction of sp³-hybridized carbons (Fsp3) is 0. The van der Waals surface area contributed by atoms with Crippen LogP contribution in [0.1, 0.15) is 0 Å². The van der Waals surface area contributed by atoms with E-state index >= 15 is 0 Å². The quantitative estimate of drug-likeness (QED) is 0.0844. The fourth-order valence-electron chi connectivity index (χ4n) is 0.245. The van der Waals surface area contributed by atoms with Gasteiger partial charge in [-0.1, -0.05) is 5.11 Å². The summed E-state index contributed by atoms with van der Waals surface area (Å²) in [4.78, 5) is 9.43. The SMILES string of the molecule is N=C(N)N(N)NN=C(N)N=NN=O. The van der Waals surface area contributed by atoms with Gasteiger partial charge in [0.15, 0.2) is 0 Å². The number of nitrogens with two attached hydrogens (primary N) is 3. The van der Waals surface area contributed by atoms with Crippen molar-refractivity contribution in [2.45, 2.75) is 0 Å².